The van der Waals surface area contributed by atoms with Crippen molar-refractivity contribution in [2.75, 3.05) is 17.3 Å². The SMILES string of the molecule is CCC(O)CNc1nc(NN)nc(-n2ccnc2)n1. The number of nitrogens with zero attached hydrogens (tertiary/aromatic N) is 5. The lowest BCUT2D eigenvalue weighted by Gasteiger charge is -2.11. The zero-order chi connectivity index (χ0) is 13.7. The third kappa shape index (κ3) is 3.36. The van der Waals surface area contributed by atoms with Gasteiger partial charge in [0.05, 0.1) is 6.10 Å². The van der Waals surface area contributed by atoms with Crippen LogP contribution in [0.5, 0.6) is 0 Å². The molecule has 1 unspecified atom stereocenters. The van der Waals surface area contributed by atoms with E-state index >= 15 is 0 Å². The van der Waals surface area contributed by atoms with E-state index in [1.54, 1.807) is 23.3 Å². The average Bonchev–Trinajstić information content (AvgIpc) is 2.98. The van der Waals surface area contributed by atoms with Crippen LogP contribution in [0.15, 0.2) is 18.7 Å². The van der Waals surface area contributed by atoms with Gasteiger partial charge < -0.3 is 10.4 Å². The van der Waals surface area contributed by atoms with Crippen molar-refractivity contribution in [2.24, 2.45) is 5.84 Å². The molecule has 0 spiro atoms. The predicted octanol–water partition coefficient (Wildman–Crippen LogP) is -0.474. The Labute approximate surface area is 109 Å². The van der Waals surface area contributed by atoms with Crippen LogP contribution >= 0.6 is 0 Å². The number of rotatable bonds is 6. The van der Waals surface area contributed by atoms with Crippen molar-refractivity contribution < 1.29 is 5.11 Å². The number of hydrogen-bond donors (Lipinski definition) is 4. The molecular weight excluding hydrogens is 248 g/mol. The van der Waals surface area contributed by atoms with Gasteiger partial charge in [-0.05, 0) is 6.42 Å². The van der Waals surface area contributed by atoms with Crippen LogP contribution in [0.1, 0.15) is 13.3 Å². The minimum absolute atomic E-state index is 0.229. The predicted molar refractivity (Wildman–Crippen MR) is 69.5 cm³/mol. The van der Waals surface area contributed by atoms with Crippen molar-refractivity contribution in [3.05, 3.63) is 18.7 Å². The molecule has 0 radical (unpaired) electrons. The summed E-state index contributed by atoms with van der Waals surface area (Å²) in [6.45, 7) is 2.25. The van der Waals surface area contributed by atoms with Crippen LogP contribution in [0.2, 0.25) is 0 Å². The molecule has 0 aliphatic heterocycles. The zero-order valence-corrected chi connectivity index (χ0v) is 10.5. The Morgan fingerprint density at radius 1 is 1.37 bits per heavy atom. The normalized spacial score (nSPS) is 12.2. The van der Waals surface area contributed by atoms with Crippen LogP contribution < -0.4 is 16.6 Å². The van der Waals surface area contributed by atoms with Gasteiger partial charge in [-0.1, -0.05) is 6.92 Å². The van der Waals surface area contributed by atoms with Gasteiger partial charge in [-0.3, -0.25) is 9.99 Å². The summed E-state index contributed by atoms with van der Waals surface area (Å²) >= 11 is 0. The summed E-state index contributed by atoms with van der Waals surface area (Å²) in [7, 11) is 0. The van der Waals surface area contributed by atoms with Gasteiger partial charge >= 0.3 is 0 Å². The number of aliphatic hydroxyl groups is 1. The highest BCUT2D eigenvalue weighted by Gasteiger charge is 2.08. The maximum atomic E-state index is 9.51. The van der Waals surface area contributed by atoms with Gasteiger partial charge in [-0.15, -0.1) is 0 Å². The molecule has 2 heterocycles. The smallest absolute Gasteiger partial charge is 0.243 e. The standard InChI is InChI=1S/C10H16N8O/c1-2-7(19)5-13-8-14-9(17-11)16-10(15-8)18-4-3-12-6-18/h3-4,6-7,19H,2,5,11H2,1H3,(H2,13,14,15,16,17). The first kappa shape index (κ1) is 13.2. The molecule has 0 amide bonds. The van der Waals surface area contributed by atoms with Crippen molar-refractivity contribution in [2.45, 2.75) is 19.4 Å². The number of hydrogen-bond acceptors (Lipinski definition) is 8. The summed E-state index contributed by atoms with van der Waals surface area (Å²) in [6.07, 6.45) is 5.09. The maximum absolute atomic E-state index is 9.51. The molecule has 2 aromatic heterocycles. The highest BCUT2D eigenvalue weighted by atomic mass is 16.3. The summed E-state index contributed by atoms with van der Waals surface area (Å²) in [6, 6.07) is 0. The molecule has 2 rings (SSSR count). The van der Waals surface area contributed by atoms with Gasteiger partial charge in [-0.25, -0.2) is 10.8 Å². The second-order valence-electron chi connectivity index (χ2n) is 3.84. The molecule has 0 aliphatic rings. The molecule has 0 fully saturated rings. The highest BCUT2D eigenvalue weighted by molar-refractivity contribution is 5.37. The fourth-order valence-corrected chi connectivity index (χ4v) is 1.35. The molecule has 19 heavy (non-hydrogen) atoms. The van der Waals surface area contributed by atoms with E-state index in [-0.39, 0.29) is 5.95 Å². The van der Waals surface area contributed by atoms with Crippen molar-refractivity contribution in [3.63, 3.8) is 0 Å². The number of nitrogens with one attached hydrogen (secondary N) is 2. The van der Waals surface area contributed by atoms with E-state index in [9.17, 15) is 5.11 Å². The lowest BCUT2D eigenvalue weighted by Crippen LogP contribution is -2.21. The molecule has 1 atom stereocenters. The molecule has 0 bridgehead atoms. The fourth-order valence-electron chi connectivity index (χ4n) is 1.35. The Kier molecular flexibility index (Phi) is 4.21. The molecule has 0 saturated heterocycles. The number of anilines is 2. The minimum Gasteiger partial charge on any atom is -0.391 e. The maximum Gasteiger partial charge on any atom is 0.243 e. The van der Waals surface area contributed by atoms with Crippen LogP contribution in [0.4, 0.5) is 11.9 Å². The third-order valence-electron chi connectivity index (χ3n) is 2.46. The molecular formula is C10H16N8O. The zero-order valence-electron chi connectivity index (χ0n) is 10.5. The first-order chi connectivity index (χ1) is 9.22. The molecule has 0 aliphatic carbocycles. The first-order valence-corrected chi connectivity index (χ1v) is 5.86. The van der Waals surface area contributed by atoms with E-state index in [0.717, 1.165) is 0 Å². The Hall–Kier alpha value is -2.26. The van der Waals surface area contributed by atoms with Gasteiger partial charge in [-0.2, -0.15) is 15.0 Å². The average molecular weight is 264 g/mol. The number of aliphatic hydroxyl groups excluding tert-OH is 1. The number of aromatic nitrogens is 5. The highest BCUT2D eigenvalue weighted by Crippen LogP contribution is 2.08. The van der Waals surface area contributed by atoms with Gasteiger partial charge in [0, 0.05) is 18.9 Å². The van der Waals surface area contributed by atoms with Gasteiger partial charge in [0.15, 0.2) is 0 Å². The summed E-state index contributed by atoms with van der Waals surface area (Å²) in [5.41, 5.74) is 2.37. The van der Waals surface area contributed by atoms with E-state index in [4.69, 9.17) is 5.84 Å². The number of nitrogens with two attached hydrogens (primary N) is 1. The summed E-state index contributed by atoms with van der Waals surface area (Å²) in [5, 5.41) is 12.4. The Bertz CT molecular complexity index is 514. The minimum atomic E-state index is -0.456. The number of imidazole rings is 1. The second kappa shape index (κ2) is 6.07. The molecule has 0 aromatic carbocycles. The molecule has 0 saturated carbocycles. The van der Waals surface area contributed by atoms with E-state index in [1.165, 1.54) is 0 Å². The van der Waals surface area contributed by atoms with Crippen LogP contribution in [-0.2, 0) is 0 Å². The molecule has 2 aromatic rings. The van der Waals surface area contributed by atoms with Gasteiger partial charge in [0.25, 0.3) is 0 Å². The Morgan fingerprint density at radius 3 is 2.79 bits per heavy atom. The van der Waals surface area contributed by atoms with E-state index in [2.05, 4.69) is 30.7 Å². The quantitative estimate of drug-likeness (QED) is 0.407. The lowest BCUT2D eigenvalue weighted by atomic mass is 10.3. The van der Waals surface area contributed by atoms with Crippen LogP contribution in [0.25, 0.3) is 5.95 Å². The fraction of sp³-hybridized carbons (Fsp3) is 0.400. The van der Waals surface area contributed by atoms with Crippen molar-refractivity contribution in [1.29, 1.82) is 0 Å². The van der Waals surface area contributed by atoms with E-state index in [0.29, 0.717) is 24.9 Å². The molecule has 9 heteroatoms. The van der Waals surface area contributed by atoms with Crippen molar-refractivity contribution >= 4 is 11.9 Å². The summed E-state index contributed by atoms with van der Waals surface area (Å²) in [5.74, 6) is 6.26. The summed E-state index contributed by atoms with van der Waals surface area (Å²) < 4.78 is 1.63. The number of nitrogen functional groups attached to an aromatic ring is 1. The number of hydrazine groups is 1. The van der Waals surface area contributed by atoms with Crippen LogP contribution in [0, 0.1) is 0 Å². The summed E-state index contributed by atoms with van der Waals surface area (Å²) in [4.78, 5) is 16.3. The van der Waals surface area contributed by atoms with Gasteiger partial charge in [0.1, 0.15) is 6.33 Å². The first-order valence-electron chi connectivity index (χ1n) is 5.86. The second-order valence-corrected chi connectivity index (χ2v) is 3.84. The topological polar surface area (TPSA) is 127 Å². The third-order valence-corrected chi connectivity index (χ3v) is 2.46. The molecule has 102 valence electrons. The van der Waals surface area contributed by atoms with E-state index in [1.807, 2.05) is 6.92 Å². The monoisotopic (exact) mass is 264 g/mol. The van der Waals surface area contributed by atoms with Crippen LogP contribution in [0.3, 0.4) is 0 Å². The lowest BCUT2D eigenvalue weighted by molar-refractivity contribution is 0.183. The van der Waals surface area contributed by atoms with Crippen LogP contribution in [-0.4, -0.2) is 42.3 Å². The van der Waals surface area contributed by atoms with Crippen molar-refractivity contribution in [3.8, 4) is 5.95 Å². The Balaban J connectivity index is 2.21. The van der Waals surface area contributed by atoms with Gasteiger partial charge in [0.2, 0.25) is 17.8 Å². The van der Waals surface area contributed by atoms with Crippen molar-refractivity contribution in [1.82, 2.24) is 24.5 Å². The van der Waals surface area contributed by atoms with E-state index < -0.39 is 6.10 Å². The largest absolute Gasteiger partial charge is 0.391 e. The Morgan fingerprint density at radius 2 is 2.16 bits per heavy atom. The molecule has 5 N–H and O–H groups in total. The molecule has 9 nitrogen and oxygen atoms in total.